The van der Waals surface area contributed by atoms with Crippen LogP contribution >= 0.6 is 0 Å². The molecule has 1 amide bonds. The van der Waals surface area contributed by atoms with Crippen LogP contribution in [0.2, 0.25) is 0 Å². The van der Waals surface area contributed by atoms with E-state index >= 15 is 0 Å². The molecular weight excluding hydrogens is 322 g/mol. The van der Waals surface area contributed by atoms with E-state index in [0.717, 1.165) is 5.39 Å². The van der Waals surface area contributed by atoms with Crippen molar-refractivity contribution in [3.05, 3.63) is 47.9 Å². The fraction of sp³-hybridized carbons (Fsp3) is 0.278. The summed E-state index contributed by atoms with van der Waals surface area (Å²) in [6.07, 6.45) is 1.60. The Morgan fingerprint density at radius 1 is 1.28 bits per heavy atom. The van der Waals surface area contributed by atoms with Gasteiger partial charge in [0.25, 0.3) is 5.91 Å². The zero-order valence-corrected chi connectivity index (χ0v) is 14.3. The van der Waals surface area contributed by atoms with Gasteiger partial charge in [-0.2, -0.15) is 5.10 Å². The van der Waals surface area contributed by atoms with Crippen molar-refractivity contribution in [2.75, 3.05) is 11.9 Å². The molecule has 0 aliphatic heterocycles. The molecule has 2 heterocycles. The summed E-state index contributed by atoms with van der Waals surface area (Å²) < 4.78 is 12.3. The lowest BCUT2D eigenvalue weighted by Gasteiger charge is -2.11. The Hall–Kier alpha value is -3.09. The maximum absolute atomic E-state index is 12.2. The number of hydrogen-bond acceptors (Lipinski definition) is 5. The molecule has 0 unspecified atom stereocenters. The molecule has 130 valence electrons. The Morgan fingerprint density at radius 3 is 2.76 bits per heavy atom. The van der Waals surface area contributed by atoms with E-state index in [9.17, 15) is 9.59 Å². The minimum absolute atomic E-state index is 0.103. The van der Waals surface area contributed by atoms with Gasteiger partial charge in [-0.3, -0.25) is 4.79 Å². The second-order valence-corrected chi connectivity index (χ2v) is 5.93. The van der Waals surface area contributed by atoms with Crippen LogP contribution in [0.5, 0.6) is 0 Å². The number of carbonyl (C=O) groups is 2. The van der Waals surface area contributed by atoms with Gasteiger partial charge < -0.3 is 14.5 Å². The van der Waals surface area contributed by atoms with Crippen LogP contribution < -0.4 is 5.32 Å². The minimum atomic E-state index is -0.666. The standard InChI is InChI=1S/C18H19N3O4/c1-11(2)21-15(8-9-19-21)20-16(22)10-24-18(23)17-12(3)13-6-4-5-7-14(13)25-17/h4-9,11H,10H2,1-3H3,(H,20,22). The van der Waals surface area contributed by atoms with E-state index in [0.29, 0.717) is 17.0 Å². The first kappa shape index (κ1) is 16.8. The van der Waals surface area contributed by atoms with E-state index in [2.05, 4.69) is 10.4 Å². The maximum Gasteiger partial charge on any atom is 0.375 e. The molecule has 1 N–H and O–H groups in total. The largest absolute Gasteiger partial charge is 0.450 e. The number of ether oxygens (including phenoxy) is 1. The number of para-hydroxylation sites is 1. The molecule has 0 atom stereocenters. The normalized spacial score (nSPS) is 11.0. The van der Waals surface area contributed by atoms with Crippen molar-refractivity contribution in [2.45, 2.75) is 26.8 Å². The number of furan rings is 1. The van der Waals surface area contributed by atoms with Gasteiger partial charge in [-0.25, -0.2) is 9.48 Å². The van der Waals surface area contributed by atoms with Crippen molar-refractivity contribution in [2.24, 2.45) is 0 Å². The van der Waals surface area contributed by atoms with Gasteiger partial charge in [-0.15, -0.1) is 0 Å². The van der Waals surface area contributed by atoms with Gasteiger partial charge in [-0.05, 0) is 26.8 Å². The molecule has 0 saturated heterocycles. The number of aromatic nitrogens is 2. The summed E-state index contributed by atoms with van der Waals surface area (Å²) in [7, 11) is 0. The second kappa shape index (κ2) is 6.80. The Balaban J connectivity index is 1.64. The van der Waals surface area contributed by atoms with Crippen molar-refractivity contribution in [1.29, 1.82) is 0 Å². The smallest absolute Gasteiger partial charge is 0.375 e. The van der Waals surface area contributed by atoms with E-state index in [1.807, 2.05) is 32.0 Å². The molecule has 3 rings (SSSR count). The highest BCUT2D eigenvalue weighted by Gasteiger charge is 2.20. The second-order valence-electron chi connectivity index (χ2n) is 5.93. The summed E-state index contributed by atoms with van der Waals surface area (Å²) in [5.74, 6) is -0.442. The third-order valence-electron chi connectivity index (χ3n) is 3.79. The van der Waals surface area contributed by atoms with Gasteiger partial charge in [0.1, 0.15) is 11.4 Å². The molecule has 0 radical (unpaired) electrons. The van der Waals surface area contributed by atoms with Crippen LogP contribution in [0.25, 0.3) is 11.0 Å². The van der Waals surface area contributed by atoms with Gasteiger partial charge in [0.2, 0.25) is 5.76 Å². The Bertz CT molecular complexity index is 923. The predicted molar refractivity (Wildman–Crippen MR) is 92.5 cm³/mol. The number of benzene rings is 1. The third-order valence-corrected chi connectivity index (χ3v) is 3.79. The predicted octanol–water partition coefficient (Wildman–Crippen LogP) is 3.31. The summed E-state index contributed by atoms with van der Waals surface area (Å²) >= 11 is 0. The van der Waals surface area contributed by atoms with Crippen LogP contribution in [-0.4, -0.2) is 28.3 Å². The molecule has 3 aromatic rings. The molecular formula is C18H19N3O4. The Morgan fingerprint density at radius 2 is 2.04 bits per heavy atom. The van der Waals surface area contributed by atoms with Gasteiger partial charge >= 0.3 is 5.97 Å². The number of aryl methyl sites for hydroxylation is 1. The number of esters is 1. The maximum atomic E-state index is 12.2. The van der Waals surface area contributed by atoms with E-state index < -0.39 is 18.5 Å². The van der Waals surface area contributed by atoms with Crippen molar-refractivity contribution >= 4 is 28.7 Å². The molecule has 0 aliphatic carbocycles. The van der Waals surface area contributed by atoms with Crippen LogP contribution in [0, 0.1) is 6.92 Å². The van der Waals surface area contributed by atoms with Crippen molar-refractivity contribution in [1.82, 2.24) is 9.78 Å². The van der Waals surface area contributed by atoms with Crippen LogP contribution in [0.3, 0.4) is 0 Å². The number of anilines is 1. The molecule has 0 aliphatic rings. The average Bonchev–Trinajstić information content (AvgIpc) is 3.18. The molecule has 0 spiro atoms. The molecule has 7 nitrogen and oxygen atoms in total. The lowest BCUT2D eigenvalue weighted by atomic mass is 10.1. The SMILES string of the molecule is Cc1c(C(=O)OCC(=O)Nc2ccnn2C(C)C)oc2ccccc12. The van der Waals surface area contributed by atoms with Crippen LogP contribution in [0.1, 0.15) is 36.0 Å². The lowest BCUT2D eigenvalue weighted by molar-refractivity contribution is -0.119. The number of hydrogen-bond donors (Lipinski definition) is 1. The number of rotatable bonds is 5. The highest BCUT2D eigenvalue weighted by atomic mass is 16.5. The zero-order valence-electron chi connectivity index (χ0n) is 14.3. The molecule has 2 aromatic heterocycles. The number of fused-ring (bicyclic) bond motifs is 1. The average molecular weight is 341 g/mol. The topological polar surface area (TPSA) is 86.4 Å². The molecule has 0 fully saturated rings. The highest BCUT2D eigenvalue weighted by Crippen LogP contribution is 2.25. The monoisotopic (exact) mass is 341 g/mol. The van der Waals surface area contributed by atoms with Crippen molar-refractivity contribution in [3.63, 3.8) is 0 Å². The highest BCUT2D eigenvalue weighted by molar-refractivity contribution is 5.98. The number of nitrogens with zero attached hydrogens (tertiary/aromatic N) is 2. The summed E-state index contributed by atoms with van der Waals surface area (Å²) in [4.78, 5) is 24.2. The molecule has 1 aromatic carbocycles. The summed E-state index contributed by atoms with van der Waals surface area (Å²) in [6.45, 7) is 5.28. The first-order chi connectivity index (χ1) is 12.0. The summed E-state index contributed by atoms with van der Waals surface area (Å²) in [5, 5.41) is 7.65. The van der Waals surface area contributed by atoms with E-state index in [4.69, 9.17) is 9.15 Å². The summed E-state index contributed by atoms with van der Waals surface area (Å²) in [6, 6.07) is 9.12. The summed E-state index contributed by atoms with van der Waals surface area (Å²) in [5.41, 5.74) is 1.30. The van der Waals surface area contributed by atoms with E-state index in [1.165, 1.54) is 0 Å². The van der Waals surface area contributed by atoms with Crippen molar-refractivity contribution < 1.29 is 18.7 Å². The Labute approximate surface area is 144 Å². The quantitative estimate of drug-likeness (QED) is 0.720. The van der Waals surface area contributed by atoms with E-state index in [-0.39, 0.29) is 11.8 Å². The number of nitrogens with one attached hydrogen (secondary N) is 1. The minimum Gasteiger partial charge on any atom is -0.450 e. The number of carbonyl (C=O) groups excluding carboxylic acids is 2. The van der Waals surface area contributed by atoms with Crippen molar-refractivity contribution in [3.8, 4) is 0 Å². The molecule has 0 saturated carbocycles. The Kier molecular flexibility index (Phi) is 4.56. The van der Waals surface area contributed by atoms with Gasteiger partial charge in [0, 0.05) is 23.1 Å². The molecule has 25 heavy (non-hydrogen) atoms. The van der Waals surface area contributed by atoms with Crippen LogP contribution in [0.4, 0.5) is 5.82 Å². The molecule has 7 heteroatoms. The third kappa shape index (κ3) is 3.40. The lowest BCUT2D eigenvalue weighted by Crippen LogP contribution is -2.23. The first-order valence-corrected chi connectivity index (χ1v) is 7.96. The zero-order chi connectivity index (χ0) is 18.0. The van der Waals surface area contributed by atoms with Gasteiger partial charge in [-0.1, -0.05) is 18.2 Å². The fourth-order valence-corrected chi connectivity index (χ4v) is 2.57. The fourth-order valence-electron chi connectivity index (χ4n) is 2.57. The van der Waals surface area contributed by atoms with Gasteiger partial charge in [0.15, 0.2) is 6.61 Å². The van der Waals surface area contributed by atoms with E-state index in [1.54, 1.807) is 29.9 Å². The van der Waals surface area contributed by atoms with Gasteiger partial charge in [0.05, 0.1) is 6.20 Å². The van der Waals surface area contributed by atoms with Crippen LogP contribution in [-0.2, 0) is 9.53 Å². The van der Waals surface area contributed by atoms with Crippen LogP contribution in [0.15, 0.2) is 40.9 Å². The number of amides is 1. The first-order valence-electron chi connectivity index (χ1n) is 7.96. The molecule has 0 bridgehead atoms.